The molecule has 0 saturated carbocycles. The first-order valence-corrected chi connectivity index (χ1v) is 6.39. The Morgan fingerprint density at radius 1 is 1.45 bits per heavy atom. The summed E-state index contributed by atoms with van der Waals surface area (Å²) in [6.45, 7) is 2.02. The van der Waals surface area contributed by atoms with Crippen LogP contribution in [0.4, 0.5) is 5.82 Å². The first-order chi connectivity index (χ1) is 9.65. The molecule has 2 aromatic rings. The maximum atomic E-state index is 12.1. The molecule has 2 aromatic heterocycles. The van der Waals surface area contributed by atoms with Crippen LogP contribution in [0, 0.1) is 6.92 Å². The number of carbonyl (C=O) groups excluding carboxylic acids is 1. The molecule has 0 aliphatic carbocycles. The fourth-order valence-electron chi connectivity index (χ4n) is 1.99. The third-order valence-electron chi connectivity index (χ3n) is 2.88. The van der Waals surface area contributed by atoms with Gasteiger partial charge in [-0.3, -0.25) is 14.7 Å². The van der Waals surface area contributed by atoms with Gasteiger partial charge in [-0.15, -0.1) is 0 Å². The molecular weight excluding hydrogens is 280 g/mol. The zero-order valence-electron chi connectivity index (χ0n) is 10.7. The number of aromatic nitrogens is 3. The number of ether oxygens (including phenoxy) is 1. The van der Waals surface area contributed by atoms with Crippen LogP contribution in [-0.2, 0) is 11.3 Å². The summed E-state index contributed by atoms with van der Waals surface area (Å²) in [5.41, 5.74) is 0.904. The minimum absolute atomic E-state index is 0.0700. The minimum atomic E-state index is -0.171. The maximum Gasteiger partial charge on any atom is 0.266 e. The van der Waals surface area contributed by atoms with Gasteiger partial charge in [0, 0.05) is 12.4 Å². The third kappa shape index (κ3) is 2.30. The molecule has 0 fully saturated rings. The number of nitrogens with zero attached hydrogens (tertiary/aromatic N) is 4. The molecule has 0 unspecified atom stereocenters. The highest BCUT2D eigenvalue weighted by atomic mass is 35.5. The molecule has 7 heteroatoms. The summed E-state index contributed by atoms with van der Waals surface area (Å²) in [5.74, 6) is 1.07. The van der Waals surface area contributed by atoms with Crippen molar-refractivity contribution in [2.45, 2.75) is 13.5 Å². The SMILES string of the molecule is Cc1nc(Cl)c2c(n1)N(Cc1cccnc1)C(=O)CO2. The van der Waals surface area contributed by atoms with Gasteiger partial charge in [0.2, 0.25) is 0 Å². The van der Waals surface area contributed by atoms with Crippen LogP contribution < -0.4 is 9.64 Å². The van der Waals surface area contributed by atoms with Gasteiger partial charge in [-0.2, -0.15) is 0 Å². The van der Waals surface area contributed by atoms with Crippen molar-refractivity contribution in [2.24, 2.45) is 0 Å². The largest absolute Gasteiger partial charge is 0.477 e. The summed E-state index contributed by atoms with van der Waals surface area (Å²) in [6.07, 6.45) is 3.39. The first-order valence-electron chi connectivity index (χ1n) is 6.01. The summed E-state index contributed by atoms with van der Waals surface area (Å²) in [4.78, 5) is 25.9. The monoisotopic (exact) mass is 290 g/mol. The number of halogens is 1. The number of hydrogen-bond acceptors (Lipinski definition) is 5. The number of anilines is 1. The van der Waals surface area contributed by atoms with Crippen molar-refractivity contribution in [1.82, 2.24) is 15.0 Å². The zero-order chi connectivity index (χ0) is 14.1. The number of hydrogen-bond donors (Lipinski definition) is 0. The van der Waals surface area contributed by atoms with E-state index in [9.17, 15) is 4.79 Å². The molecule has 0 bridgehead atoms. The number of fused-ring (bicyclic) bond motifs is 1. The van der Waals surface area contributed by atoms with Gasteiger partial charge in [0.1, 0.15) is 5.82 Å². The summed E-state index contributed by atoms with van der Waals surface area (Å²) in [6, 6.07) is 3.71. The Labute approximate surface area is 120 Å². The standard InChI is InChI=1S/C13H11ClN4O2/c1-8-16-12(14)11-13(17-8)18(10(19)7-20-11)6-9-3-2-4-15-5-9/h2-5H,6-7H2,1H3. The van der Waals surface area contributed by atoms with E-state index < -0.39 is 0 Å². The first kappa shape index (κ1) is 12.8. The Bertz CT molecular complexity index is 663. The lowest BCUT2D eigenvalue weighted by Crippen LogP contribution is -2.39. The van der Waals surface area contributed by atoms with E-state index in [4.69, 9.17) is 16.3 Å². The van der Waals surface area contributed by atoms with Gasteiger partial charge in [-0.1, -0.05) is 17.7 Å². The van der Waals surface area contributed by atoms with E-state index in [1.807, 2.05) is 12.1 Å². The Morgan fingerprint density at radius 3 is 3.05 bits per heavy atom. The highest BCUT2D eigenvalue weighted by Crippen LogP contribution is 2.36. The molecule has 102 valence electrons. The molecular formula is C13H11ClN4O2. The normalized spacial score (nSPS) is 13.9. The smallest absolute Gasteiger partial charge is 0.266 e. The van der Waals surface area contributed by atoms with Crippen LogP contribution in [0.15, 0.2) is 24.5 Å². The number of pyridine rings is 1. The predicted molar refractivity (Wildman–Crippen MR) is 72.7 cm³/mol. The fourth-order valence-corrected chi connectivity index (χ4v) is 2.25. The minimum Gasteiger partial charge on any atom is -0.477 e. The molecule has 3 rings (SSSR count). The van der Waals surface area contributed by atoms with E-state index in [0.717, 1.165) is 5.56 Å². The Balaban J connectivity index is 2.02. The molecule has 0 saturated heterocycles. The van der Waals surface area contributed by atoms with Crippen LogP contribution >= 0.6 is 11.6 Å². The molecule has 1 aliphatic rings. The molecule has 3 heterocycles. The van der Waals surface area contributed by atoms with Crippen molar-refractivity contribution in [3.8, 4) is 5.75 Å². The van der Waals surface area contributed by atoms with Crippen LogP contribution in [-0.4, -0.2) is 27.5 Å². The number of rotatable bonds is 2. The molecule has 6 nitrogen and oxygen atoms in total. The highest BCUT2D eigenvalue weighted by Gasteiger charge is 2.29. The lowest BCUT2D eigenvalue weighted by molar-refractivity contribution is -0.121. The Hall–Kier alpha value is -2.21. The van der Waals surface area contributed by atoms with E-state index in [0.29, 0.717) is 23.9 Å². The zero-order valence-corrected chi connectivity index (χ0v) is 11.5. The summed E-state index contributed by atoms with van der Waals surface area (Å²) in [5, 5.41) is 0.219. The van der Waals surface area contributed by atoms with Gasteiger partial charge in [0.15, 0.2) is 23.3 Å². The maximum absolute atomic E-state index is 12.1. The van der Waals surface area contributed by atoms with Gasteiger partial charge in [-0.25, -0.2) is 9.97 Å². The number of amides is 1. The molecule has 0 N–H and O–H groups in total. The van der Waals surface area contributed by atoms with Crippen LogP contribution in [0.1, 0.15) is 11.4 Å². The van der Waals surface area contributed by atoms with Crippen LogP contribution in [0.5, 0.6) is 5.75 Å². The van der Waals surface area contributed by atoms with Gasteiger partial charge in [0.25, 0.3) is 5.91 Å². The van der Waals surface area contributed by atoms with Crippen LogP contribution in [0.2, 0.25) is 5.15 Å². The summed E-state index contributed by atoms with van der Waals surface area (Å²) < 4.78 is 5.33. The van der Waals surface area contributed by atoms with E-state index >= 15 is 0 Å². The van der Waals surface area contributed by atoms with E-state index in [1.54, 1.807) is 19.3 Å². The van der Waals surface area contributed by atoms with Gasteiger partial charge in [-0.05, 0) is 18.6 Å². The Kier molecular flexibility index (Phi) is 3.23. The molecule has 0 aromatic carbocycles. The van der Waals surface area contributed by atoms with Crippen molar-refractivity contribution in [3.63, 3.8) is 0 Å². The van der Waals surface area contributed by atoms with Crippen molar-refractivity contribution >= 4 is 23.3 Å². The summed E-state index contributed by atoms with van der Waals surface area (Å²) >= 11 is 6.04. The van der Waals surface area contributed by atoms with E-state index in [2.05, 4.69) is 15.0 Å². The lowest BCUT2D eigenvalue weighted by atomic mass is 10.2. The molecule has 20 heavy (non-hydrogen) atoms. The molecule has 1 aliphatic heterocycles. The number of carbonyl (C=O) groups is 1. The van der Waals surface area contributed by atoms with E-state index in [-0.39, 0.29) is 17.7 Å². The van der Waals surface area contributed by atoms with Crippen LogP contribution in [0.3, 0.4) is 0 Å². The average molecular weight is 291 g/mol. The second kappa shape index (κ2) is 5.05. The Morgan fingerprint density at radius 2 is 2.30 bits per heavy atom. The topological polar surface area (TPSA) is 68.2 Å². The molecule has 0 atom stereocenters. The molecule has 0 radical (unpaired) electrons. The fraction of sp³-hybridized carbons (Fsp3) is 0.231. The van der Waals surface area contributed by atoms with Crippen LogP contribution in [0.25, 0.3) is 0 Å². The highest BCUT2D eigenvalue weighted by molar-refractivity contribution is 6.31. The van der Waals surface area contributed by atoms with Gasteiger partial charge < -0.3 is 4.74 Å². The quantitative estimate of drug-likeness (QED) is 0.788. The van der Waals surface area contributed by atoms with Gasteiger partial charge >= 0.3 is 0 Å². The summed E-state index contributed by atoms with van der Waals surface area (Å²) in [7, 11) is 0. The van der Waals surface area contributed by atoms with E-state index in [1.165, 1.54) is 4.90 Å². The lowest BCUT2D eigenvalue weighted by Gasteiger charge is -2.28. The predicted octanol–water partition coefficient (Wildman–Crippen LogP) is 1.76. The van der Waals surface area contributed by atoms with Crippen molar-refractivity contribution < 1.29 is 9.53 Å². The van der Waals surface area contributed by atoms with Crippen molar-refractivity contribution in [2.75, 3.05) is 11.5 Å². The number of aryl methyl sites for hydroxylation is 1. The van der Waals surface area contributed by atoms with Crippen molar-refractivity contribution in [3.05, 3.63) is 41.1 Å². The molecule has 1 amide bonds. The second-order valence-electron chi connectivity index (χ2n) is 4.34. The molecule has 0 spiro atoms. The third-order valence-corrected chi connectivity index (χ3v) is 3.13. The van der Waals surface area contributed by atoms with Crippen molar-refractivity contribution in [1.29, 1.82) is 0 Å². The second-order valence-corrected chi connectivity index (χ2v) is 4.70. The van der Waals surface area contributed by atoms with Gasteiger partial charge in [0.05, 0.1) is 6.54 Å². The average Bonchev–Trinajstić information content (AvgIpc) is 2.43.